The Morgan fingerprint density at radius 3 is 2.37 bits per heavy atom. The lowest BCUT2D eigenvalue weighted by molar-refractivity contribution is -0.0860. The van der Waals surface area contributed by atoms with Crippen LogP contribution < -0.4 is 0 Å². The van der Waals surface area contributed by atoms with Crippen LogP contribution in [0.2, 0.25) is 0 Å². The molecule has 0 amide bonds. The second kappa shape index (κ2) is 9.32. The van der Waals surface area contributed by atoms with Crippen LogP contribution in [0.25, 0.3) is 0 Å². The lowest BCUT2D eigenvalue weighted by Crippen LogP contribution is -2.36. The van der Waals surface area contributed by atoms with Crippen molar-refractivity contribution in [1.29, 1.82) is 0 Å². The van der Waals surface area contributed by atoms with Gasteiger partial charge in [-0.3, -0.25) is 0 Å². The second-order valence-corrected chi connectivity index (χ2v) is 6.84. The lowest BCUT2D eigenvalue weighted by atomic mass is 10.00. The third-order valence-electron chi connectivity index (χ3n) is 3.93. The standard InChI is InChI=1S/C15H29BrO3/c1-3-7-11(17)10-13(18)15-9-6-5-8-14(19-15)12(16)4-2/h11-15,17-18H,3-10H2,1-2H3/t11-,12?,13+,14-,15+/m1/s1. The van der Waals surface area contributed by atoms with Gasteiger partial charge in [0.25, 0.3) is 0 Å². The molecule has 0 spiro atoms. The molecule has 114 valence electrons. The van der Waals surface area contributed by atoms with E-state index >= 15 is 0 Å². The summed E-state index contributed by atoms with van der Waals surface area (Å²) >= 11 is 3.67. The molecule has 1 rings (SSSR count). The number of alkyl halides is 1. The van der Waals surface area contributed by atoms with Crippen LogP contribution in [0.5, 0.6) is 0 Å². The Morgan fingerprint density at radius 1 is 1.16 bits per heavy atom. The van der Waals surface area contributed by atoms with Crippen molar-refractivity contribution in [2.45, 2.75) is 94.5 Å². The van der Waals surface area contributed by atoms with E-state index in [-0.39, 0.29) is 12.2 Å². The fraction of sp³-hybridized carbons (Fsp3) is 1.00. The first kappa shape index (κ1) is 17.4. The highest BCUT2D eigenvalue weighted by molar-refractivity contribution is 9.09. The molecular formula is C15H29BrO3. The van der Waals surface area contributed by atoms with E-state index < -0.39 is 12.2 Å². The van der Waals surface area contributed by atoms with Gasteiger partial charge >= 0.3 is 0 Å². The third-order valence-corrected chi connectivity index (χ3v) is 5.17. The first-order valence-electron chi connectivity index (χ1n) is 7.74. The van der Waals surface area contributed by atoms with Crippen LogP contribution in [0.15, 0.2) is 0 Å². The Kier molecular flexibility index (Phi) is 8.54. The van der Waals surface area contributed by atoms with Gasteiger partial charge in [0.05, 0.1) is 24.4 Å². The van der Waals surface area contributed by atoms with Crippen LogP contribution in [-0.2, 0) is 4.74 Å². The van der Waals surface area contributed by atoms with Gasteiger partial charge in [-0.15, -0.1) is 0 Å². The predicted octanol–water partition coefficient (Wildman–Crippen LogP) is 3.40. The molecule has 2 N–H and O–H groups in total. The molecule has 0 bridgehead atoms. The summed E-state index contributed by atoms with van der Waals surface area (Å²) in [6.45, 7) is 4.19. The van der Waals surface area contributed by atoms with Crippen molar-refractivity contribution in [2.75, 3.05) is 0 Å². The maximum Gasteiger partial charge on any atom is 0.0839 e. The van der Waals surface area contributed by atoms with E-state index in [1.165, 1.54) is 0 Å². The van der Waals surface area contributed by atoms with Gasteiger partial charge in [0.1, 0.15) is 0 Å². The molecule has 0 saturated carbocycles. The Bertz CT molecular complexity index is 237. The molecule has 1 aliphatic heterocycles. The quantitative estimate of drug-likeness (QED) is 0.700. The van der Waals surface area contributed by atoms with E-state index in [9.17, 15) is 10.2 Å². The molecule has 1 fully saturated rings. The highest BCUT2D eigenvalue weighted by atomic mass is 79.9. The SMILES string of the molecule is CCC[C@@H](O)C[C@H](O)[C@@H]1CCCC[C@H](C(Br)CC)O1. The predicted molar refractivity (Wildman–Crippen MR) is 81.7 cm³/mol. The van der Waals surface area contributed by atoms with E-state index in [4.69, 9.17) is 4.74 Å². The van der Waals surface area contributed by atoms with E-state index in [0.717, 1.165) is 44.9 Å². The normalized spacial score (nSPS) is 29.5. The number of aliphatic hydroxyl groups excluding tert-OH is 2. The van der Waals surface area contributed by atoms with E-state index in [0.29, 0.717) is 11.2 Å². The molecular weight excluding hydrogens is 308 g/mol. The molecule has 1 aliphatic rings. The van der Waals surface area contributed by atoms with Gasteiger partial charge in [-0.05, 0) is 25.7 Å². The minimum Gasteiger partial charge on any atom is -0.393 e. The zero-order valence-corrected chi connectivity index (χ0v) is 13.8. The van der Waals surface area contributed by atoms with Gasteiger partial charge in [0, 0.05) is 11.2 Å². The average molecular weight is 337 g/mol. The summed E-state index contributed by atoms with van der Waals surface area (Å²) in [5.74, 6) is 0. The fourth-order valence-corrected chi connectivity index (χ4v) is 3.13. The van der Waals surface area contributed by atoms with Crippen molar-refractivity contribution in [2.24, 2.45) is 0 Å². The maximum absolute atomic E-state index is 10.3. The Hall–Kier alpha value is 0.360. The van der Waals surface area contributed by atoms with Crippen LogP contribution >= 0.6 is 15.9 Å². The molecule has 4 heteroatoms. The fourth-order valence-electron chi connectivity index (χ4n) is 2.75. The molecule has 0 radical (unpaired) electrons. The summed E-state index contributed by atoms with van der Waals surface area (Å²) in [4.78, 5) is 0.362. The van der Waals surface area contributed by atoms with Crippen molar-refractivity contribution in [3.05, 3.63) is 0 Å². The maximum atomic E-state index is 10.3. The number of ether oxygens (including phenoxy) is 1. The summed E-state index contributed by atoms with van der Waals surface area (Å²) in [6.07, 6.45) is 6.51. The van der Waals surface area contributed by atoms with Crippen molar-refractivity contribution >= 4 is 15.9 Å². The summed E-state index contributed by atoms with van der Waals surface area (Å²) in [5.41, 5.74) is 0. The molecule has 5 atom stereocenters. The summed E-state index contributed by atoms with van der Waals surface area (Å²) in [7, 11) is 0. The Labute approximate surface area is 125 Å². The molecule has 1 saturated heterocycles. The van der Waals surface area contributed by atoms with Gasteiger partial charge in [-0.25, -0.2) is 0 Å². The zero-order chi connectivity index (χ0) is 14.3. The topological polar surface area (TPSA) is 49.7 Å². The third kappa shape index (κ3) is 6.11. The smallest absolute Gasteiger partial charge is 0.0839 e. The monoisotopic (exact) mass is 336 g/mol. The highest BCUT2D eigenvalue weighted by Crippen LogP contribution is 2.28. The van der Waals surface area contributed by atoms with Crippen LogP contribution in [0.3, 0.4) is 0 Å². The van der Waals surface area contributed by atoms with E-state index in [1.54, 1.807) is 0 Å². The minimum atomic E-state index is -0.543. The summed E-state index contributed by atoms with van der Waals surface area (Å²) in [5, 5.41) is 20.1. The molecule has 1 unspecified atom stereocenters. The molecule has 3 nitrogen and oxygen atoms in total. The van der Waals surface area contributed by atoms with E-state index in [1.807, 2.05) is 6.92 Å². The minimum absolute atomic E-state index is 0.120. The first-order valence-corrected chi connectivity index (χ1v) is 8.65. The molecule has 0 aromatic heterocycles. The molecule has 0 aromatic carbocycles. The van der Waals surface area contributed by atoms with E-state index in [2.05, 4.69) is 22.9 Å². The van der Waals surface area contributed by atoms with Gasteiger partial charge in [-0.2, -0.15) is 0 Å². The summed E-state index contributed by atoms with van der Waals surface area (Å²) < 4.78 is 6.10. The second-order valence-electron chi connectivity index (χ2n) is 5.67. The van der Waals surface area contributed by atoms with Gasteiger partial charge in [0.2, 0.25) is 0 Å². The van der Waals surface area contributed by atoms with Crippen molar-refractivity contribution in [3.8, 4) is 0 Å². The Morgan fingerprint density at radius 2 is 1.79 bits per heavy atom. The van der Waals surface area contributed by atoms with Gasteiger partial charge < -0.3 is 14.9 Å². The number of rotatable bonds is 7. The number of hydrogen-bond acceptors (Lipinski definition) is 3. The van der Waals surface area contributed by atoms with Crippen molar-refractivity contribution in [1.82, 2.24) is 0 Å². The van der Waals surface area contributed by atoms with Gasteiger partial charge in [-0.1, -0.05) is 49.0 Å². The molecule has 19 heavy (non-hydrogen) atoms. The molecule has 0 aliphatic carbocycles. The number of hydrogen-bond donors (Lipinski definition) is 2. The lowest BCUT2D eigenvalue weighted by Gasteiger charge is -2.29. The van der Waals surface area contributed by atoms with Crippen molar-refractivity contribution < 1.29 is 14.9 Å². The Balaban J connectivity index is 2.49. The zero-order valence-electron chi connectivity index (χ0n) is 12.2. The van der Waals surface area contributed by atoms with Crippen LogP contribution in [-0.4, -0.2) is 39.5 Å². The number of aliphatic hydroxyl groups is 2. The largest absolute Gasteiger partial charge is 0.393 e. The molecule has 0 aromatic rings. The average Bonchev–Trinajstić information content (AvgIpc) is 2.63. The molecule has 1 heterocycles. The first-order chi connectivity index (χ1) is 9.08. The van der Waals surface area contributed by atoms with Gasteiger partial charge in [0.15, 0.2) is 0 Å². The van der Waals surface area contributed by atoms with Crippen LogP contribution in [0, 0.1) is 0 Å². The number of halogens is 1. The van der Waals surface area contributed by atoms with Crippen LogP contribution in [0.4, 0.5) is 0 Å². The summed E-state index contributed by atoms with van der Waals surface area (Å²) in [6, 6.07) is 0. The highest BCUT2D eigenvalue weighted by Gasteiger charge is 2.30. The van der Waals surface area contributed by atoms with Crippen molar-refractivity contribution in [3.63, 3.8) is 0 Å². The van der Waals surface area contributed by atoms with Crippen LogP contribution in [0.1, 0.15) is 65.2 Å².